The summed E-state index contributed by atoms with van der Waals surface area (Å²) >= 11 is 0. The average molecular weight is 526 g/mol. The number of nitrogens with one attached hydrogen (secondary N) is 1. The van der Waals surface area contributed by atoms with Crippen molar-refractivity contribution in [3.8, 4) is 5.75 Å². The topological polar surface area (TPSA) is 70.3 Å². The van der Waals surface area contributed by atoms with Gasteiger partial charge in [-0.05, 0) is 35.7 Å². The number of furan rings is 1. The number of piperazine rings is 1. The summed E-state index contributed by atoms with van der Waals surface area (Å²) in [5.41, 5.74) is 1.31. The maximum Gasteiger partial charge on any atom is 0.289 e. The Bertz CT molecular complexity index is 798. The fraction of sp³-hybridized carbons (Fsp3) is 0.455. The molecule has 7 nitrogen and oxygen atoms in total. The Morgan fingerprint density at radius 3 is 2.37 bits per heavy atom. The van der Waals surface area contributed by atoms with Gasteiger partial charge in [-0.2, -0.15) is 0 Å². The SMILES string of the molecule is CN=C(NCCOc1ccc(C(C)C)cc1)N1CCN(C(=O)c2ccco2)CC1.I. The number of guanidine groups is 1. The van der Waals surface area contributed by atoms with Gasteiger partial charge in [-0.3, -0.25) is 9.79 Å². The molecule has 1 aromatic carbocycles. The minimum Gasteiger partial charge on any atom is -0.492 e. The van der Waals surface area contributed by atoms with Crippen molar-refractivity contribution in [2.45, 2.75) is 19.8 Å². The van der Waals surface area contributed by atoms with E-state index < -0.39 is 0 Å². The molecule has 30 heavy (non-hydrogen) atoms. The predicted molar refractivity (Wildman–Crippen MR) is 129 cm³/mol. The second kappa shape index (κ2) is 11.8. The number of amides is 1. The first-order valence-corrected chi connectivity index (χ1v) is 10.1. The van der Waals surface area contributed by atoms with E-state index in [1.807, 2.05) is 17.0 Å². The molecule has 8 heteroatoms. The van der Waals surface area contributed by atoms with Gasteiger partial charge >= 0.3 is 0 Å². The van der Waals surface area contributed by atoms with E-state index in [1.165, 1.54) is 11.8 Å². The van der Waals surface area contributed by atoms with E-state index in [-0.39, 0.29) is 29.9 Å². The van der Waals surface area contributed by atoms with Crippen LogP contribution in [0.1, 0.15) is 35.9 Å². The number of hydrogen-bond acceptors (Lipinski definition) is 4. The highest BCUT2D eigenvalue weighted by molar-refractivity contribution is 14.0. The second-order valence-corrected chi connectivity index (χ2v) is 7.30. The summed E-state index contributed by atoms with van der Waals surface area (Å²) in [6.07, 6.45) is 1.52. The maximum atomic E-state index is 12.4. The molecule has 0 bridgehead atoms. The molecule has 0 unspecified atom stereocenters. The molecule has 0 spiro atoms. The van der Waals surface area contributed by atoms with Gasteiger partial charge < -0.3 is 24.3 Å². The maximum absolute atomic E-state index is 12.4. The number of carbonyl (C=O) groups is 1. The molecule has 1 aromatic heterocycles. The number of benzene rings is 1. The Balaban J connectivity index is 0.00000320. The normalized spacial score (nSPS) is 14.5. The van der Waals surface area contributed by atoms with Crippen LogP contribution >= 0.6 is 24.0 Å². The summed E-state index contributed by atoms with van der Waals surface area (Å²) in [6, 6.07) is 11.7. The van der Waals surface area contributed by atoms with Crippen LogP contribution in [0.4, 0.5) is 0 Å². The van der Waals surface area contributed by atoms with Crippen molar-refractivity contribution in [3.63, 3.8) is 0 Å². The molecule has 1 amide bonds. The van der Waals surface area contributed by atoms with Gasteiger partial charge in [-0.1, -0.05) is 26.0 Å². The van der Waals surface area contributed by atoms with Gasteiger partial charge in [0.1, 0.15) is 12.4 Å². The van der Waals surface area contributed by atoms with Gasteiger partial charge in [0.25, 0.3) is 5.91 Å². The van der Waals surface area contributed by atoms with E-state index in [1.54, 1.807) is 19.2 Å². The third-order valence-corrected chi connectivity index (χ3v) is 5.01. The number of hydrogen-bond donors (Lipinski definition) is 1. The summed E-state index contributed by atoms with van der Waals surface area (Å²) in [4.78, 5) is 20.7. The van der Waals surface area contributed by atoms with Crippen molar-refractivity contribution in [2.75, 3.05) is 46.4 Å². The molecule has 3 rings (SSSR count). The number of ether oxygens (including phenoxy) is 1. The molecular weight excluding hydrogens is 495 g/mol. The zero-order valence-electron chi connectivity index (χ0n) is 17.8. The van der Waals surface area contributed by atoms with Crippen molar-refractivity contribution < 1.29 is 13.9 Å². The van der Waals surface area contributed by atoms with Gasteiger partial charge in [0.2, 0.25) is 0 Å². The molecule has 164 valence electrons. The van der Waals surface area contributed by atoms with E-state index in [0.29, 0.717) is 37.9 Å². The summed E-state index contributed by atoms with van der Waals surface area (Å²) in [5.74, 6) is 2.54. The molecule has 1 N–H and O–H groups in total. The van der Waals surface area contributed by atoms with Crippen LogP contribution in [0.3, 0.4) is 0 Å². The highest BCUT2D eigenvalue weighted by Crippen LogP contribution is 2.18. The van der Waals surface area contributed by atoms with E-state index in [0.717, 1.165) is 24.8 Å². The fourth-order valence-electron chi connectivity index (χ4n) is 3.29. The van der Waals surface area contributed by atoms with E-state index in [2.05, 4.69) is 41.2 Å². The summed E-state index contributed by atoms with van der Waals surface area (Å²) in [5, 5.41) is 3.34. The molecule has 0 atom stereocenters. The average Bonchev–Trinajstić information content (AvgIpc) is 3.29. The molecule has 2 heterocycles. The Hall–Kier alpha value is -2.23. The number of aliphatic imine (C=N–C) groups is 1. The third-order valence-electron chi connectivity index (χ3n) is 5.01. The van der Waals surface area contributed by atoms with Crippen molar-refractivity contribution in [1.82, 2.24) is 15.1 Å². The van der Waals surface area contributed by atoms with Crippen molar-refractivity contribution in [2.24, 2.45) is 4.99 Å². The monoisotopic (exact) mass is 526 g/mol. The summed E-state index contributed by atoms with van der Waals surface area (Å²) in [6.45, 7) is 8.29. The minimum absolute atomic E-state index is 0. The van der Waals surface area contributed by atoms with Crippen molar-refractivity contribution >= 4 is 35.8 Å². The second-order valence-electron chi connectivity index (χ2n) is 7.30. The highest BCUT2D eigenvalue weighted by Gasteiger charge is 2.25. The Morgan fingerprint density at radius 2 is 1.80 bits per heavy atom. The molecule has 1 fully saturated rings. The van der Waals surface area contributed by atoms with Crippen LogP contribution in [-0.4, -0.2) is 68.0 Å². The van der Waals surface area contributed by atoms with E-state index in [4.69, 9.17) is 9.15 Å². The van der Waals surface area contributed by atoms with E-state index in [9.17, 15) is 4.79 Å². The van der Waals surface area contributed by atoms with Gasteiger partial charge in [0.05, 0.1) is 12.8 Å². The van der Waals surface area contributed by atoms with E-state index >= 15 is 0 Å². The number of carbonyl (C=O) groups excluding carboxylic acids is 1. The third kappa shape index (κ3) is 6.38. The van der Waals surface area contributed by atoms with Crippen molar-refractivity contribution in [1.29, 1.82) is 0 Å². The molecule has 1 aliphatic rings. The van der Waals surface area contributed by atoms with Gasteiger partial charge in [0.15, 0.2) is 11.7 Å². The summed E-state index contributed by atoms with van der Waals surface area (Å²) < 4.78 is 11.0. The van der Waals surface area contributed by atoms with Crippen LogP contribution in [0.2, 0.25) is 0 Å². The lowest BCUT2D eigenvalue weighted by Crippen LogP contribution is -2.54. The Kier molecular flexibility index (Phi) is 9.48. The smallest absolute Gasteiger partial charge is 0.289 e. The lowest BCUT2D eigenvalue weighted by Gasteiger charge is -2.36. The molecule has 0 saturated carbocycles. The molecule has 1 aliphatic heterocycles. The lowest BCUT2D eigenvalue weighted by atomic mass is 10.0. The first-order chi connectivity index (χ1) is 14.1. The number of rotatable bonds is 6. The number of halogens is 1. The van der Waals surface area contributed by atoms with Crippen LogP contribution < -0.4 is 10.1 Å². The van der Waals surface area contributed by atoms with Crippen LogP contribution in [0.15, 0.2) is 52.1 Å². The van der Waals surface area contributed by atoms with Crippen LogP contribution in [0, 0.1) is 0 Å². The fourth-order valence-corrected chi connectivity index (χ4v) is 3.29. The lowest BCUT2D eigenvalue weighted by molar-refractivity contribution is 0.0657. The first kappa shape index (κ1) is 24.0. The Labute approximate surface area is 195 Å². The zero-order chi connectivity index (χ0) is 20.6. The van der Waals surface area contributed by atoms with Crippen molar-refractivity contribution in [3.05, 3.63) is 54.0 Å². The summed E-state index contributed by atoms with van der Waals surface area (Å²) in [7, 11) is 1.77. The molecule has 2 aromatic rings. The minimum atomic E-state index is -0.0607. The quantitative estimate of drug-likeness (QED) is 0.271. The standard InChI is InChI=1S/C22H30N4O3.HI/c1-17(2)18-6-8-19(9-7-18)28-16-10-24-22(23-3)26-13-11-25(12-14-26)21(27)20-5-4-15-29-20;/h4-9,15,17H,10-14,16H2,1-3H3,(H,23,24);1H. The molecule has 1 saturated heterocycles. The number of nitrogens with zero attached hydrogens (tertiary/aromatic N) is 3. The largest absolute Gasteiger partial charge is 0.492 e. The predicted octanol–water partition coefficient (Wildman–Crippen LogP) is 3.43. The van der Waals surface area contributed by atoms with Crippen LogP contribution in [0.25, 0.3) is 0 Å². The highest BCUT2D eigenvalue weighted by atomic mass is 127. The van der Waals surface area contributed by atoms with Gasteiger partial charge in [-0.25, -0.2) is 0 Å². The Morgan fingerprint density at radius 1 is 1.13 bits per heavy atom. The van der Waals surface area contributed by atoms with Gasteiger partial charge in [0, 0.05) is 33.2 Å². The molecule has 0 radical (unpaired) electrons. The molecular formula is C22H31IN4O3. The molecule has 0 aliphatic carbocycles. The van der Waals surface area contributed by atoms with Gasteiger partial charge in [-0.15, -0.1) is 24.0 Å². The first-order valence-electron chi connectivity index (χ1n) is 10.1. The zero-order valence-corrected chi connectivity index (χ0v) is 20.2. The van der Waals surface area contributed by atoms with Crippen LogP contribution in [-0.2, 0) is 0 Å². The van der Waals surface area contributed by atoms with Crippen LogP contribution in [0.5, 0.6) is 5.75 Å².